The van der Waals surface area contributed by atoms with E-state index in [2.05, 4.69) is 5.10 Å². The number of esters is 1. The van der Waals surface area contributed by atoms with Crippen LogP contribution in [-0.2, 0) is 26.1 Å². The molecular formula is C29H27F3N4O7S. The number of carboxylic acid groups (broad SMARTS) is 1. The maximum absolute atomic E-state index is 12.8. The van der Waals surface area contributed by atoms with Crippen molar-refractivity contribution in [2.24, 2.45) is 16.1 Å². The van der Waals surface area contributed by atoms with Gasteiger partial charge in [0.15, 0.2) is 0 Å². The smallest absolute Gasteiger partial charge is 0.490 e. The molecule has 11 nitrogen and oxygen atoms in total. The van der Waals surface area contributed by atoms with Gasteiger partial charge in [0, 0.05) is 29.1 Å². The van der Waals surface area contributed by atoms with E-state index >= 15 is 0 Å². The molecule has 0 aliphatic rings. The quantitative estimate of drug-likeness (QED) is 0.0956. The number of hydrazone groups is 1. The van der Waals surface area contributed by atoms with E-state index in [0.29, 0.717) is 27.8 Å². The van der Waals surface area contributed by atoms with E-state index in [1.165, 1.54) is 12.3 Å². The van der Waals surface area contributed by atoms with E-state index in [4.69, 9.17) is 25.6 Å². The predicted molar refractivity (Wildman–Crippen MR) is 155 cm³/mol. The molecule has 0 aliphatic heterocycles. The molecule has 4 rings (SSSR count). The van der Waals surface area contributed by atoms with Crippen LogP contribution < -0.4 is 11.0 Å². The van der Waals surface area contributed by atoms with Crippen LogP contribution in [0.3, 0.4) is 0 Å². The van der Waals surface area contributed by atoms with Crippen LogP contribution in [0.1, 0.15) is 28.4 Å². The summed E-state index contributed by atoms with van der Waals surface area (Å²) in [5, 5.41) is 26.4. The fraction of sp³-hybridized carbons (Fsp3) is 0.138. The summed E-state index contributed by atoms with van der Waals surface area (Å²) in [7, 11) is -3.91. The molecule has 6 N–H and O–H groups in total. The standard InChI is InChI=1S/C27H26N4O5S.C2HF3O2/c1-2-36-27(33)24-17-31(15-21-13-18(14-30-28)7-12-25(21)32)16-23(24)20-10-8-19(9-11-20)22-5-3-4-6-26(22)37(29,34)35;3-2(4,5)1(6)7/h3-14,16-17,32H,2,15,28H2,1H3,(H2,29,34,35);(H,6,7)/b30-14-;. The van der Waals surface area contributed by atoms with Gasteiger partial charge in [-0.15, -0.1) is 0 Å². The fourth-order valence-electron chi connectivity index (χ4n) is 4.08. The molecule has 0 saturated carbocycles. The lowest BCUT2D eigenvalue weighted by atomic mass is 10.00. The Morgan fingerprint density at radius 2 is 1.59 bits per heavy atom. The van der Waals surface area contributed by atoms with Gasteiger partial charge in [0.05, 0.1) is 29.8 Å². The fourth-order valence-corrected chi connectivity index (χ4v) is 4.84. The van der Waals surface area contributed by atoms with Gasteiger partial charge in [-0.05, 0) is 47.9 Å². The van der Waals surface area contributed by atoms with Crippen molar-refractivity contribution < 1.29 is 46.1 Å². The third-order valence-corrected chi connectivity index (χ3v) is 6.97. The number of hydrogen-bond donors (Lipinski definition) is 4. The number of benzene rings is 3. The zero-order valence-corrected chi connectivity index (χ0v) is 23.8. The number of alkyl halides is 3. The summed E-state index contributed by atoms with van der Waals surface area (Å²) in [6, 6.07) is 18.6. The molecule has 232 valence electrons. The SMILES string of the molecule is CCOC(=O)c1cn(Cc2cc(/C=N\N)ccc2O)cc1-c1ccc(-c2ccccc2S(N)(=O)=O)cc1.O=C(O)C(F)(F)F. The normalized spacial score (nSPS) is 11.6. The second-order valence-electron chi connectivity index (χ2n) is 9.07. The first-order chi connectivity index (χ1) is 20.6. The lowest BCUT2D eigenvalue weighted by Gasteiger charge is -2.09. The van der Waals surface area contributed by atoms with Gasteiger partial charge in [0.2, 0.25) is 10.0 Å². The average molecular weight is 633 g/mol. The Bertz CT molecular complexity index is 1790. The lowest BCUT2D eigenvalue weighted by Crippen LogP contribution is -2.21. The molecule has 15 heteroatoms. The highest BCUT2D eigenvalue weighted by Crippen LogP contribution is 2.32. The van der Waals surface area contributed by atoms with Crippen molar-refractivity contribution in [2.75, 3.05) is 6.61 Å². The summed E-state index contributed by atoms with van der Waals surface area (Å²) in [5.74, 6) is 2.10. The minimum Gasteiger partial charge on any atom is -0.508 e. The molecule has 0 atom stereocenters. The molecule has 0 fully saturated rings. The number of aromatic nitrogens is 1. The number of nitrogens with zero attached hydrogens (tertiary/aromatic N) is 2. The van der Waals surface area contributed by atoms with Crippen molar-refractivity contribution in [3.8, 4) is 28.0 Å². The van der Waals surface area contributed by atoms with Gasteiger partial charge in [-0.25, -0.2) is 23.1 Å². The third-order valence-electron chi connectivity index (χ3n) is 6.00. The Hall–Kier alpha value is -5.15. The number of aliphatic carboxylic acids is 1. The largest absolute Gasteiger partial charge is 0.508 e. The van der Waals surface area contributed by atoms with Crippen LogP contribution in [0, 0.1) is 0 Å². The number of hydrogen-bond acceptors (Lipinski definition) is 8. The third kappa shape index (κ3) is 8.45. The first kappa shape index (κ1) is 33.4. The summed E-state index contributed by atoms with van der Waals surface area (Å²) in [5.41, 5.74) is 4.20. The van der Waals surface area contributed by atoms with E-state index in [0.717, 1.165) is 11.1 Å². The van der Waals surface area contributed by atoms with E-state index in [1.807, 2.05) is 0 Å². The number of nitrogens with two attached hydrogens (primary N) is 2. The van der Waals surface area contributed by atoms with Crippen molar-refractivity contribution in [3.05, 3.63) is 95.8 Å². The number of carbonyl (C=O) groups excluding carboxylic acids is 1. The van der Waals surface area contributed by atoms with E-state index in [-0.39, 0.29) is 23.8 Å². The first-order valence-corrected chi connectivity index (χ1v) is 14.1. The minimum atomic E-state index is -5.08. The van der Waals surface area contributed by atoms with Gasteiger partial charge in [0.25, 0.3) is 0 Å². The average Bonchev–Trinajstić information content (AvgIpc) is 3.38. The van der Waals surface area contributed by atoms with Crippen LogP contribution in [0.4, 0.5) is 13.2 Å². The Morgan fingerprint density at radius 3 is 2.14 bits per heavy atom. The monoisotopic (exact) mass is 632 g/mol. The zero-order valence-electron chi connectivity index (χ0n) is 23.0. The highest BCUT2D eigenvalue weighted by molar-refractivity contribution is 7.89. The highest BCUT2D eigenvalue weighted by Gasteiger charge is 2.38. The van der Waals surface area contributed by atoms with Crippen LogP contribution in [-0.4, -0.2) is 54.1 Å². The van der Waals surface area contributed by atoms with Crippen LogP contribution in [0.2, 0.25) is 0 Å². The van der Waals surface area contributed by atoms with Crippen LogP contribution in [0.25, 0.3) is 22.3 Å². The maximum atomic E-state index is 12.8. The van der Waals surface area contributed by atoms with Crippen molar-refractivity contribution in [3.63, 3.8) is 0 Å². The van der Waals surface area contributed by atoms with E-state index in [9.17, 15) is 31.5 Å². The number of primary sulfonamides is 1. The molecular weight excluding hydrogens is 605 g/mol. The summed E-state index contributed by atoms with van der Waals surface area (Å²) < 4.78 is 62.8. The molecule has 1 aromatic heterocycles. The molecule has 0 aliphatic carbocycles. The summed E-state index contributed by atoms with van der Waals surface area (Å²) in [6.07, 6.45) is -0.146. The molecule has 1 heterocycles. The van der Waals surface area contributed by atoms with Crippen LogP contribution >= 0.6 is 0 Å². The number of carbonyl (C=O) groups is 2. The molecule has 4 aromatic rings. The topological polar surface area (TPSA) is 187 Å². The van der Waals surface area contributed by atoms with Crippen molar-refractivity contribution >= 4 is 28.2 Å². The number of aromatic hydroxyl groups is 1. The van der Waals surface area contributed by atoms with Gasteiger partial charge in [-0.2, -0.15) is 18.3 Å². The first-order valence-electron chi connectivity index (χ1n) is 12.6. The Labute approximate surface area is 249 Å². The minimum absolute atomic E-state index is 0.0304. The Balaban J connectivity index is 0.000000676. The van der Waals surface area contributed by atoms with Gasteiger partial charge in [0.1, 0.15) is 5.75 Å². The van der Waals surface area contributed by atoms with E-state index < -0.39 is 28.1 Å². The second-order valence-corrected chi connectivity index (χ2v) is 10.6. The van der Waals surface area contributed by atoms with Gasteiger partial charge >= 0.3 is 18.1 Å². The lowest BCUT2D eigenvalue weighted by molar-refractivity contribution is -0.192. The molecule has 0 bridgehead atoms. The molecule has 0 amide bonds. The summed E-state index contributed by atoms with van der Waals surface area (Å²) >= 11 is 0. The second kappa shape index (κ2) is 13.9. The van der Waals surface area contributed by atoms with Gasteiger partial charge < -0.3 is 25.4 Å². The number of halogens is 3. The van der Waals surface area contributed by atoms with Gasteiger partial charge in [-0.1, -0.05) is 42.5 Å². The Morgan fingerprint density at radius 1 is 1.00 bits per heavy atom. The van der Waals surface area contributed by atoms with Crippen molar-refractivity contribution in [1.82, 2.24) is 4.57 Å². The summed E-state index contributed by atoms with van der Waals surface area (Å²) in [4.78, 5) is 21.7. The molecule has 0 radical (unpaired) electrons. The summed E-state index contributed by atoms with van der Waals surface area (Å²) in [6.45, 7) is 2.23. The van der Waals surface area contributed by atoms with Crippen molar-refractivity contribution in [2.45, 2.75) is 24.5 Å². The predicted octanol–water partition coefficient (Wildman–Crippen LogP) is 4.33. The highest BCUT2D eigenvalue weighted by atomic mass is 32.2. The van der Waals surface area contributed by atoms with E-state index in [1.54, 1.807) is 84.5 Å². The Kier molecular flexibility index (Phi) is 10.5. The number of phenols is 1. The number of sulfonamides is 1. The number of rotatable bonds is 8. The number of carboxylic acids is 1. The maximum Gasteiger partial charge on any atom is 0.490 e. The van der Waals surface area contributed by atoms with Crippen LogP contribution in [0.5, 0.6) is 5.75 Å². The van der Waals surface area contributed by atoms with Crippen LogP contribution in [0.15, 0.2) is 89.1 Å². The van der Waals surface area contributed by atoms with Gasteiger partial charge in [-0.3, -0.25) is 0 Å². The molecule has 3 aromatic carbocycles. The van der Waals surface area contributed by atoms with Crippen molar-refractivity contribution in [1.29, 1.82) is 0 Å². The number of phenolic OH excluding ortho intramolecular Hbond substituents is 1. The molecule has 44 heavy (non-hydrogen) atoms. The molecule has 0 saturated heterocycles. The zero-order chi connectivity index (χ0) is 32.7. The molecule has 0 unspecified atom stereocenters. The molecule has 0 spiro atoms. The number of ether oxygens (including phenoxy) is 1.